The molecule has 0 bridgehead atoms. The first kappa shape index (κ1) is 14.5. The molecule has 5 heteroatoms. The third kappa shape index (κ3) is 4.01. The first-order valence-electron chi connectivity index (χ1n) is 6.45. The smallest absolute Gasteiger partial charge is 0.226 e. The van der Waals surface area contributed by atoms with E-state index in [1.54, 1.807) is 24.1 Å². The van der Waals surface area contributed by atoms with E-state index in [2.05, 4.69) is 21.2 Å². The third-order valence-corrected chi connectivity index (χ3v) is 3.96. The lowest BCUT2D eigenvalue weighted by atomic mass is 10.1. The minimum atomic E-state index is -0.326. The molecule has 0 aliphatic carbocycles. The predicted molar refractivity (Wildman–Crippen MR) is 76.4 cm³/mol. The van der Waals surface area contributed by atoms with Gasteiger partial charge in [-0.15, -0.1) is 0 Å². The number of likely N-dealkylation sites (N-methyl/N-ethyl adjacent to an activating group) is 1. The van der Waals surface area contributed by atoms with Gasteiger partial charge in [0.15, 0.2) is 0 Å². The second kappa shape index (κ2) is 6.48. The van der Waals surface area contributed by atoms with E-state index in [0.29, 0.717) is 11.5 Å². The molecular formula is C14H18BrFN2O. The second-order valence-corrected chi connectivity index (χ2v) is 5.96. The summed E-state index contributed by atoms with van der Waals surface area (Å²) in [6, 6.07) is 4.68. The summed E-state index contributed by atoms with van der Waals surface area (Å²) >= 11 is 3.29. The van der Waals surface area contributed by atoms with Gasteiger partial charge < -0.3 is 10.2 Å². The van der Waals surface area contributed by atoms with Gasteiger partial charge in [0.05, 0.1) is 6.42 Å². The summed E-state index contributed by atoms with van der Waals surface area (Å²) in [5, 5.41) is 3.28. The number of carbonyl (C=O) groups excluding carboxylic acids is 1. The Morgan fingerprint density at radius 1 is 1.58 bits per heavy atom. The van der Waals surface area contributed by atoms with Crippen molar-refractivity contribution < 1.29 is 9.18 Å². The number of amides is 1. The highest BCUT2D eigenvalue weighted by molar-refractivity contribution is 9.10. The van der Waals surface area contributed by atoms with Crippen LogP contribution in [0.25, 0.3) is 0 Å². The number of hydrogen-bond acceptors (Lipinski definition) is 2. The molecule has 0 aromatic heterocycles. The first-order valence-corrected chi connectivity index (χ1v) is 7.24. The van der Waals surface area contributed by atoms with Crippen molar-refractivity contribution in [2.24, 2.45) is 5.92 Å². The molecule has 0 saturated carbocycles. The lowest BCUT2D eigenvalue weighted by molar-refractivity contribution is -0.129. The molecule has 1 N–H and O–H groups in total. The third-order valence-electron chi connectivity index (χ3n) is 3.47. The molecule has 1 amide bonds. The summed E-state index contributed by atoms with van der Waals surface area (Å²) in [5.41, 5.74) is 0.441. The maximum atomic E-state index is 13.6. The van der Waals surface area contributed by atoms with Crippen molar-refractivity contribution in [1.29, 1.82) is 0 Å². The molecule has 0 radical (unpaired) electrons. The van der Waals surface area contributed by atoms with Gasteiger partial charge in [0.1, 0.15) is 5.82 Å². The summed E-state index contributed by atoms with van der Waals surface area (Å²) < 4.78 is 14.4. The van der Waals surface area contributed by atoms with E-state index in [1.807, 2.05) is 0 Å². The van der Waals surface area contributed by atoms with E-state index in [9.17, 15) is 9.18 Å². The van der Waals surface area contributed by atoms with E-state index >= 15 is 0 Å². The Bertz CT molecular complexity index is 461. The van der Waals surface area contributed by atoms with Crippen LogP contribution in [0.5, 0.6) is 0 Å². The van der Waals surface area contributed by atoms with Gasteiger partial charge in [0.2, 0.25) is 5.91 Å². The molecule has 1 atom stereocenters. The summed E-state index contributed by atoms with van der Waals surface area (Å²) in [6.45, 7) is 2.72. The molecule has 0 spiro atoms. The summed E-state index contributed by atoms with van der Waals surface area (Å²) in [4.78, 5) is 13.8. The number of rotatable bonds is 4. The van der Waals surface area contributed by atoms with Gasteiger partial charge in [-0.3, -0.25) is 4.79 Å². The van der Waals surface area contributed by atoms with E-state index in [-0.39, 0.29) is 18.1 Å². The summed E-state index contributed by atoms with van der Waals surface area (Å²) in [7, 11) is 1.79. The summed E-state index contributed by atoms with van der Waals surface area (Å²) in [6.07, 6.45) is 1.21. The van der Waals surface area contributed by atoms with Gasteiger partial charge >= 0.3 is 0 Å². The fourth-order valence-electron chi connectivity index (χ4n) is 2.34. The molecular weight excluding hydrogens is 311 g/mol. The molecule has 1 heterocycles. The largest absolute Gasteiger partial charge is 0.345 e. The van der Waals surface area contributed by atoms with Gasteiger partial charge in [-0.2, -0.15) is 0 Å². The van der Waals surface area contributed by atoms with Crippen LogP contribution in [0.1, 0.15) is 12.0 Å². The van der Waals surface area contributed by atoms with Crippen LogP contribution in [0.15, 0.2) is 22.7 Å². The molecule has 3 nitrogen and oxygen atoms in total. The molecule has 1 unspecified atom stereocenters. The van der Waals surface area contributed by atoms with E-state index in [4.69, 9.17) is 0 Å². The van der Waals surface area contributed by atoms with Crippen molar-refractivity contribution in [2.45, 2.75) is 12.8 Å². The molecule has 1 aromatic carbocycles. The zero-order chi connectivity index (χ0) is 13.8. The standard InChI is InChI=1S/C14H18BrFN2O/c1-18(9-10-4-5-17-8-10)14(19)7-11-6-12(15)2-3-13(11)16/h2-3,6,10,17H,4-5,7-9H2,1H3. The molecule has 1 aliphatic heterocycles. The van der Waals surface area contributed by atoms with Crippen LogP contribution in [0.4, 0.5) is 4.39 Å². The Hall–Kier alpha value is -0.940. The molecule has 1 aliphatic rings. The Morgan fingerprint density at radius 2 is 2.37 bits per heavy atom. The van der Waals surface area contributed by atoms with Crippen molar-refractivity contribution in [3.63, 3.8) is 0 Å². The molecule has 19 heavy (non-hydrogen) atoms. The first-order chi connectivity index (χ1) is 9.06. The van der Waals surface area contributed by atoms with E-state index in [1.165, 1.54) is 6.07 Å². The SMILES string of the molecule is CN(CC1CCNC1)C(=O)Cc1cc(Br)ccc1F. The average Bonchev–Trinajstić information content (AvgIpc) is 2.86. The number of hydrogen-bond donors (Lipinski definition) is 1. The number of carbonyl (C=O) groups is 1. The van der Waals surface area contributed by atoms with Crippen molar-refractivity contribution in [1.82, 2.24) is 10.2 Å². The Morgan fingerprint density at radius 3 is 3.05 bits per heavy atom. The Labute approximate surface area is 121 Å². The van der Waals surface area contributed by atoms with Crippen LogP contribution in [-0.2, 0) is 11.2 Å². The predicted octanol–water partition coefficient (Wildman–Crippen LogP) is 2.20. The molecule has 1 aromatic rings. The fourth-order valence-corrected chi connectivity index (χ4v) is 2.74. The Balaban J connectivity index is 1.93. The van der Waals surface area contributed by atoms with Crippen LogP contribution in [0.2, 0.25) is 0 Å². The van der Waals surface area contributed by atoms with Gasteiger partial charge in [-0.05, 0) is 49.2 Å². The van der Waals surface area contributed by atoms with Crippen LogP contribution in [-0.4, -0.2) is 37.5 Å². The van der Waals surface area contributed by atoms with E-state index < -0.39 is 0 Å². The second-order valence-electron chi connectivity index (χ2n) is 5.05. The van der Waals surface area contributed by atoms with Crippen LogP contribution in [0.3, 0.4) is 0 Å². The number of nitrogens with zero attached hydrogens (tertiary/aromatic N) is 1. The minimum Gasteiger partial charge on any atom is -0.345 e. The maximum absolute atomic E-state index is 13.6. The molecule has 2 rings (SSSR count). The van der Waals surface area contributed by atoms with Crippen LogP contribution >= 0.6 is 15.9 Å². The normalized spacial score (nSPS) is 18.6. The summed E-state index contributed by atoms with van der Waals surface area (Å²) in [5.74, 6) is 0.151. The number of halogens is 2. The lowest BCUT2D eigenvalue weighted by Crippen LogP contribution is -2.33. The molecule has 104 valence electrons. The van der Waals surface area contributed by atoms with Gasteiger partial charge in [0.25, 0.3) is 0 Å². The fraction of sp³-hybridized carbons (Fsp3) is 0.500. The molecule has 1 fully saturated rings. The van der Waals surface area contributed by atoms with Gasteiger partial charge in [0, 0.05) is 18.1 Å². The topological polar surface area (TPSA) is 32.3 Å². The van der Waals surface area contributed by atoms with Crippen molar-refractivity contribution in [2.75, 3.05) is 26.7 Å². The minimum absolute atomic E-state index is 0.0381. The van der Waals surface area contributed by atoms with Crippen LogP contribution < -0.4 is 5.32 Å². The zero-order valence-electron chi connectivity index (χ0n) is 11.0. The maximum Gasteiger partial charge on any atom is 0.226 e. The monoisotopic (exact) mass is 328 g/mol. The van der Waals surface area contributed by atoms with Crippen LogP contribution in [0, 0.1) is 11.7 Å². The zero-order valence-corrected chi connectivity index (χ0v) is 12.5. The molecule has 1 saturated heterocycles. The Kier molecular flexibility index (Phi) is 4.93. The highest BCUT2D eigenvalue weighted by atomic mass is 79.9. The van der Waals surface area contributed by atoms with Crippen molar-refractivity contribution in [3.8, 4) is 0 Å². The number of benzene rings is 1. The highest BCUT2D eigenvalue weighted by Gasteiger charge is 2.20. The van der Waals surface area contributed by atoms with Gasteiger partial charge in [-0.1, -0.05) is 15.9 Å². The highest BCUT2D eigenvalue weighted by Crippen LogP contribution is 2.17. The van der Waals surface area contributed by atoms with E-state index in [0.717, 1.165) is 30.5 Å². The van der Waals surface area contributed by atoms with Gasteiger partial charge in [-0.25, -0.2) is 4.39 Å². The lowest BCUT2D eigenvalue weighted by Gasteiger charge is -2.21. The number of nitrogens with one attached hydrogen (secondary N) is 1. The van der Waals surface area contributed by atoms with Crippen molar-refractivity contribution in [3.05, 3.63) is 34.1 Å². The van der Waals surface area contributed by atoms with Crippen molar-refractivity contribution >= 4 is 21.8 Å². The average molecular weight is 329 g/mol. The quantitative estimate of drug-likeness (QED) is 0.919.